The van der Waals surface area contributed by atoms with E-state index in [1.165, 1.54) is 22.3 Å². The summed E-state index contributed by atoms with van der Waals surface area (Å²) in [6.07, 6.45) is 0. The minimum absolute atomic E-state index is 0.0669. The SMILES string of the molecule is Cc1cc(C)cc(C(NN)C2COc3ccccc32)c1. The molecular weight excluding hydrogens is 248 g/mol. The first-order chi connectivity index (χ1) is 9.69. The van der Waals surface area contributed by atoms with Crippen molar-refractivity contribution in [3.05, 3.63) is 64.7 Å². The average molecular weight is 268 g/mol. The van der Waals surface area contributed by atoms with Gasteiger partial charge in [-0.2, -0.15) is 0 Å². The van der Waals surface area contributed by atoms with Crippen LogP contribution in [0.2, 0.25) is 0 Å². The van der Waals surface area contributed by atoms with Crippen molar-refractivity contribution in [1.82, 2.24) is 5.43 Å². The summed E-state index contributed by atoms with van der Waals surface area (Å²) in [6.45, 7) is 4.90. The van der Waals surface area contributed by atoms with E-state index >= 15 is 0 Å². The van der Waals surface area contributed by atoms with Gasteiger partial charge < -0.3 is 4.74 Å². The van der Waals surface area contributed by atoms with E-state index in [9.17, 15) is 0 Å². The van der Waals surface area contributed by atoms with Crippen molar-refractivity contribution in [2.45, 2.75) is 25.8 Å². The molecule has 104 valence electrons. The number of ether oxygens (including phenoxy) is 1. The second kappa shape index (κ2) is 5.27. The molecule has 0 saturated carbocycles. The van der Waals surface area contributed by atoms with Gasteiger partial charge in [0.1, 0.15) is 5.75 Å². The molecule has 0 radical (unpaired) electrons. The molecule has 0 fully saturated rings. The molecule has 0 amide bonds. The number of nitrogens with two attached hydrogens (primary N) is 1. The summed E-state index contributed by atoms with van der Waals surface area (Å²) >= 11 is 0. The molecular formula is C17H20N2O. The van der Waals surface area contributed by atoms with Crippen LogP contribution in [0.4, 0.5) is 0 Å². The van der Waals surface area contributed by atoms with Crippen molar-refractivity contribution in [2.24, 2.45) is 5.84 Å². The van der Waals surface area contributed by atoms with E-state index in [1.54, 1.807) is 0 Å². The number of nitrogens with one attached hydrogen (secondary N) is 1. The van der Waals surface area contributed by atoms with Crippen LogP contribution >= 0.6 is 0 Å². The van der Waals surface area contributed by atoms with E-state index in [0.29, 0.717) is 6.61 Å². The number of hydrazine groups is 1. The van der Waals surface area contributed by atoms with Crippen LogP contribution in [0.15, 0.2) is 42.5 Å². The normalized spacial score (nSPS) is 18.4. The topological polar surface area (TPSA) is 47.3 Å². The van der Waals surface area contributed by atoms with Crippen molar-refractivity contribution in [3.8, 4) is 5.75 Å². The zero-order valence-corrected chi connectivity index (χ0v) is 11.9. The van der Waals surface area contributed by atoms with Crippen LogP contribution in [0.1, 0.15) is 34.2 Å². The molecule has 2 atom stereocenters. The first-order valence-corrected chi connectivity index (χ1v) is 6.95. The van der Waals surface area contributed by atoms with E-state index in [1.807, 2.05) is 12.1 Å². The molecule has 1 heterocycles. The Labute approximate surface area is 119 Å². The first kappa shape index (κ1) is 13.2. The molecule has 1 aliphatic rings. The molecule has 2 aromatic carbocycles. The quantitative estimate of drug-likeness (QED) is 0.664. The largest absolute Gasteiger partial charge is 0.493 e. The fourth-order valence-corrected chi connectivity index (χ4v) is 3.10. The molecule has 0 bridgehead atoms. The number of fused-ring (bicyclic) bond motifs is 1. The van der Waals surface area contributed by atoms with Crippen LogP contribution in [0.5, 0.6) is 5.75 Å². The highest BCUT2D eigenvalue weighted by atomic mass is 16.5. The Hall–Kier alpha value is -1.84. The van der Waals surface area contributed by atoms with E-state index < -0.39 is 0 Å². The lowest BCUT2D eigenvalue weighted by molar-refractivity contribution is 0.300. The number of aryl methyl sites for hydroxylation is 2. The predicted molar refractivity (Wildman–Crippen MR) is 80.7 cm³/mol. The molecule has 3 N–H and O–H groups in total. The first-order valence-electron chi connectivity index (χ1n) is 6.95. The van der Waals surface area contributed by atoms with Crippen LogP contribution in [-0.2, 0) is 0 Å². The van der Waals surface area contributed by atoms with E-state index in [-0.39, 0.29) is 12.0 Å². The highest BCUT2D eigenvalue weighted by Crippen LogP contribution is 2.41. The molecule has 3 rings (SSSR count). The molecule has 0 saturated heterocycles. The van der Waals surface area contributed by atoms with Crippen molar-refractivity contribution in [3.63, 3.8) is 0 Å². The molecule has 2 unspecified atom stereocenters. The van der Waals surface area contributed by atoms with Crippen molar-refractivity contribution in [2.75, 3.05) is 6.61 Å². The third-order valence-electron chi connectivity index (χ3n) is 3.92. The number of para-hydroxylation sites is 1. The summed E-state index contributed by atoms with van der Waals surface area (Å²) in [7, 11) is 0. The second-order valence-electron chi connectivity index (χ2n) is 5.52. The standard InChI is InChI=1S/C17H20N2O/c1-11-7-12(2)9-13(8-11)17(19-18)15-10-20-16-6-4-3-5-14(15)16/h3-9,15,17,19H,10,18H2,1-2H3. The number of hydrogen-bond donors (Lipinski definition) is 2. The summed E-state index contributed by atoms with van der Waals surface area (Å²) in [5.74, 6) is 7.06. The van der Waals surface area contributed by atoms with Crippen molar-refractivity contribution >= 4 is 0 Å². The van der Waals surface area contributed by atoms with Gasteiger partial charge in [-0.3, -0.25) is 11.3 Å². The van der Waals surface area contributed by atoms with Gasteiger partial charge in [-0.25, -0.2) is 0 Å². The zero-order chi connectivity index (χ0) is 14.1. The number of benzene rings is 2. The number of hydrogen-bond acceptors (Lipinski definition) is 3. The van der Waals surface area contributed by atoms with Gasteiger partial charge in [-0.1, -0.05) is 47.5 Å². The minimum Gasteiger partial charge on any atom is -0.493 e. The molecule has 2 aromatic rings. The van der Waals surface area contributed by atoms with Gasteiger partial charge in [-0.05, 0) is 25.5 Å². The van der Waals surface area contributed by atoms with Crippen molar-refractivity contribution in [1.29, 1.82) is 0 Å². The molecule has 3 nitrogen and oxygen atoms in total. The fraction of sp³-hybridized carbons (Fsp3) is 0.294. The van der Waals surface area contributed by atoms with Gasteiger partial charge in [0.15, 0.2) is 0 Å². The molecule has 1 aliphatic heterocycles. The van der Waals surface area contributed by atoms with Crippen LogP contribution in [0.25, 0.3) is 0 Å². The van der Waals surface area contributed by atoms with Gasteiger partial charge in [-0.15, -0.1) is 0 Å². The highest BCUT2D eigenvalue weighted by molar-refractivity contribution is 5.43. The Morgan fingerprint density at radius 2 is 1.85 bits per heavy atom. The van der Waals surface area contributed by atoms with Gasteiger partial charge in [0.25, 0.3) is 0 Å². The van der Waals surface area contributed by atoms with Gasteiger partial charge >= 0.3 is 0 Å². The molecule has 0 spiro atoms. The van der Waals surface area contributed by atoms with Crippen molar-refractivity contribution < 1.29 is 4.74 Å². The van der Waals surface area contributed by atoms with Crippen LogP contribution < -0.4 is 16.0 Å². The summed E-state index contributed by atoms with van der Waals surface area (Å²) in [5.41, 5.74) is 7.94. The van der Waals surface area contributed by atoms with E-state index in [4.69, 9.17) is 10.6 Å². The summed E-state index contributed by atoms with van der Waals surface area (Å²) in [6, 6.07) is 14.8. The highest BCUT2D eigenvalue weighted by Gasteiger charge is 2.31. The Kier molecular flexibility index (Phi) is 3.47. The average Bonchev–Trinajstić information content (AvgIpc) is 2.83. The van der Waals surface area contributed by atoms with Gasteiger partial charge in [0, 0.05) is 11.5 Å². The van der Waals surface area contributed by atoms with E-state index in [0.717, 1.165) is 5.75 Å². The van der Waals surface area contributed by atoms with Crippen LogP contribution in [-0.4, -0.2) is 6.61 Å². The molecule has 20 heavy (non-hydrogen) atoms. The van der Waals surface area contributed by atoms with E-state index in [2.05, 4.69) is 49.6 Å². The maximum Gasteiger partial charge on any atom is 0.122 e. The summed E-state index contributed by atoms with van der Waals surface area (Å²) < 4.78 is 5.78. The monoisotopic (exact) mass is 268 g/mol. The Bertz CT molecular complexity index is 604. The third kappa shape index (κ3) is 2.30. The Morgan fingerprint density at radius 3 is 2.55 bits per heavy atom. The summed E-state index contributed by atoms with van der Waals surface area (Å²) in [5, 5.41) is 0. The van der Waals surface area contributed by atoms with Gasteiger partial charge in [0.05, 0.1) is 12.6 Å². The van der Waals surface area contributed by atoms with Crippen LogP contribution in [0, 0.1) is 13.8 Å². The lowest BCUT2D eigenvalue weighted by Gasteiger charge is -2.23. The Morgan fingerprint density at radius 1 is 1.15 bits per heavy atom. The third-order valence-corrected chi connectivity index (χ3v) is 3.92. The lowest BCUT2D eigenvalue weighted by atomic mass is 9.88. The minimum atomic E-state index is 0.0669. The zero-order valence-electron chi connectivity index (χ0n) is 11.9. The maximum atomic E-state index is 5.84. The summed E-state index contributed by atoms with van der Waals surface area (Å²) in [4.78, 5) is 0. The Balaban J connectivity index is 1.99. The smallest absolute Gasteiger partial charge is 0.122 e. The maximum absolute atomic E-state index is 5.84. The lowest BCUT2D eigenvalue weighted by Crippen LogP contribution is -2.33. The second-order valence-corrected chi connectivity index (χ2v) is 5.52. The molecule has 0 aromatic heterocycles. The van der Waals surface area contributed by atoms with Gasteiger partial charge in [0.2, 0.25) is 0 Å². The fourth-order valence-electron chi connectivity index (χ4n) is 3.10. The molecule has 3 heteroatoms. The predicted octanol–water partition coefficient (Wildman–Crippen LogP) is 2.98. The molecule has 0 aliphatic carbocycles. The number of rotatable bonds is 3. The van der Waals surface area contributed by atoms with Crippen LogP contribution in [0.3, 0.4) is 0 Å².